The van der Waals surface area contributed by atoms with Gasteiger partial charge >= 0.3 is 0 Å². The molecule has 0 aromatic heterocycles. The number of rotatable bonds is 2. The highest BCUT2D eigenvalue weighted by Gasteiger charge is 2.34. The van der Waals surface area contributed by atoms with E-state index in [1.807, 2.05) is 31.2 Å². The van der Waals surface area contributed by atoms with Gasteiger partial charge in [0, 0.05) is 18.1 Å². The summed E-state index contributed by atoms with van der Waals surface area (Å²) in [5, 5.41) is 10.2. The van der Waals surface area contributed by atoms with Crippen molar-refractivity contribution in [3.05, 3.63) is 34.9 Å². The lowest BCUT2D eigenvalue weighted by Crippen LogP contribution is -2.48. The molecule has 1 atom stereocenters. The first kappa shape index (κ1) is 12.4. The molecule has 1 aliphatic rings. The number of nitriles is 1. The minimum absolute atomic E-state index is 0.630. The fraction of sp³-hybridized carbons (Fsp3) is 0.462. The summed E-state index contributed by atoms with van der Waals surface area (Å²) in [6.07, 6.45) is 0. The number of halogens is 1. The molecule has 1 aromatic rings. The van der Waals surface area contributed by atoms with E-state index >= 15 is 0 Å². The van der Waals surface area contributed by atoms with Crippen LogP contribution in [0.25, 0.3) is 0 Å². The molecule has 1 saturated heterocycles. The van der Waals surface area contributed by atoms with Crippen molar-refractivity contribution in [1.82, 2.24) is 4.90 Å². The molecule has 0 bridgehead atoms. The zero-order chi connectivity index (χ0) is 12.3. The van der Waals surface area contributed by atoms with Gasteiger partial charge in [-0.2, -0.15) is 5.26 Å². The molecule has 1 fully saturated rings. The molecule has 0 spiro atoms. The van der Waals surface area contributed by atoms with E-state index < -0.39 is 5.54 Å². The first-order chi connectivity index (χ1) is 8.16. The largest absolute Gasteiger partial charge is 0.379 e. The van der Waals surface area contributed by atoms with Crippen LogP contribution in [0, 0.1) is 11.3 Å². The molecule has 4 heteroatoms. The highest BCUT2D eigenvalue weighted by atomic mass is 35.5. The van der Waals surface area contributed by atoms with Crippen LogP contribution in [-0.2, 0) is 10.3 Å². The zero-order valence-electron chi connectivity index (χ0n) is 9.82. The molecule has 0 radical (unpaired) electrons. The van der Waals surface area contributed by atoms with Gasteiger partial charge in [0.15, 0.2) is 0 Å². The molecule has 2 rings (SSSR count). The van der Waals surface area contributed by atoms with Gasteiger partial charge in [0.1, 0.15) is 5.54 Å². The quantitative estimate of drug-likeness (QED) is 0.809. The van der Waals surface area contributed by atoms with Crippen molar-refractivity contribution in [2.45, 2.75) is 12.5 Å². The Morgan fingerprint density at radius 1 is 1.41 bits per heavy atom. The second-order valence-electron chi connectivity index (χ2n) is 4.29. The van der Waals surface area contributed by atoms with Crippen LogP contribution >= 0.6 is 11.6 Å². The summed E-state index contributed by atoms with van der Waals surface area (Å²) in [5.74, 6) is 0. The van der Waals surface area contributed by atoms with Crippen molar-refractivity contribution in [1.29, 1.82) is 5.26 Å². The first-order valence-electron chi connectivity index (χ1n) is 5.67. The molecule has 0 N–H and O–H groups in total. The molecule has 3 nitrogen and oxygen atoms in total. The summed E-state index contributed by atoms with van der Waals surface area (Å²) < 4.78 is 5.32. The maximum atomic E-state index is 9.51. The maximum absolute atomic E-state index is 9.51. The Labute approximate surface area is 107 Å². The van der Waals surface area contributed by atoms with Crippen LogP contribution < -0.4 is 0 Å². The summed E-state index contributed by atoms with van der Waals surface area (Å²) in [5.41, 5.74) is 0.309. The van der Waals surface area contributed by atoms with E-state index in [4.69, 9.17) is 16.3 Å². The van der Waals surface area contributed by atoms with Gasteiger partial charge in [0.25, 0.3) is 0 Å². The molecule has 17 heavy (non-hydrogen) atoms. The predicted molar refractivity (Wildman–Crippen MR) is 66.8 cm³/mol. The van der Waals surface area contributed by atoms with Gasteiger partial charge in [-0.15, -0.1) is 0 Å². The first-order valence-corrected chi connectivity index (χ1v) is 6.05. The summed E-state index contributed by atoms with van der Waals surface area (Å²) in [6.45, 7) is 4.84. The highest BCUT2D eigenvalue weighted by molar-refractivity contribution is 6.30. The van der Waals surface area contributed by atoms with Crippen molar-refractivity contribution in [2.24, 2.45) is 0 Å². The Morgan fingerprint density at radius 3 is 2.71 bits per heavy atom. The van der Waals surface area contributed by atoms with Crippen LogP contribution in [0.15, 0.2) is 24.3 Å². The van der Waals surface area contributed by atoms with Gasteiger partial charge in [-0.05, 0) is 24.6 Å². The van der Waals surface area contributed by atoms with Crippen LogP contribution in [0.5, 0.6) is 0 Å². The summed E-state index contributed by atoms with van der Waals surface area (Å²) >= 11 is 5.99. The van der Waals surface area contributed by atoms with Crippen LogP contribution in [0.1, 0.15) is 12.5 Å². The number of nitrogens with zero attached hydrogens (tertiary/aromatic N) is 2. The van der Waals surface area contributed by atoms with Crippen molar-refractivity contribution in [3.8, 4) is 6.07 Å². The van der Waals surface area contributed by atoms with E-state index in [-0.39, 0.29) is 0 Å². The van der Waals surface area contributed by atoms with Gasteiger partial charge in [-0.1, -0.05) is 23.7 Å². The molecule has 1 aromatic carbocycles. The average molecular weight is 251 g/mol. The Bertz CT molecular complexity index is 437. The van der Waals surface area contributed by atoms with E-state index in [9.17, 15) is 5.26 Å². The third-order valence-electron chi connectivity index (χ3n) is 3.25. The summed E-state index contributed by atoms with van der Waals surface area (Å²) in [6, 6.07) is 9.92. The highest BCUT2D eigenvalue weighted by Crippen LogP contribution is 2.29. The molecule has 1 unspecified atom stereocenters. The Morgan fingerprint density at radius 2 is 2.12 bits per heavy atom. The normalized spacial score (nSPS) is 20.5. The van der Waals surface area contributed by atoms with E-state index in [0.717, 1.165) is 18.7 Å². The molecule has 0 saturated carbocycles. The Hall–Kier alpha value is -1.08. The van der Waals surface area contributed by atoms with Crippen molar-refractivity contribution in [2.75, 3.05) is 26.3 Å². The Kier molecular flexibility index (Phi) is 3.68. The zero-order valence-corrected chi connectivity index (χ0v) is 10.6. The SMILES string of the molecule is CC(C#N)(c1cccc(Cl)c1)N1CCOCC1. The predicted octanol–water partition coefficient (Wildman–Crippen LogP) is 2.41. The average Bonchev–Trinajstić information content (AvgIpc) is 2.39. The van der Waals surface area contributed by atoms with Crippen LogP contribution in [0.3, 0.4) is 0 Å². The number of benzene rings is 1. The minimum Gasteiger partial charge on any atom is -0.379 e. The van der Waals surface area contributed by atoms with E-state index in [0.29, 0.717) is 18.2 Å². The summed E-state index contributed by atoms with van der Waals surface area (Å²) in [7, 11) is 0. The lowest BCUT2D eigenvalue weighted by Gasteiger charge is -2.38. The fourth-order valence-electron chi connectivity index (χ4n) is 2.12. The van der Waals surface area contributed by atoms with Crippen molar-refractivity contribution in [3.63, 3.8) is 0 Å². The molecular formula is C13H15ClN2O. The number of hydrogen-bond donors (Lipinski definition) is 0. The standard InChI is InChI=1S/C13H15ClN2O/c1-13(10-15,16-5-7-17-8-6-16)11-3-2-4-12(14)9-11/h2-4,9H,5-8H2,1H3. The van der Waals surface area contributed by atoms with Crippen molar-refractivity contribution >= 4 is 11.6 Å². The smallest absolute Gasteiger partial charge is 0.132 e. The number of hydrogen-bond acceptors (Lipinski definition) is 3. The molecule has 90 valence electrons. The van der Waals surface area contributed by atoms with E-state index in [1.165, 1.54) is 0 Å². The third-order valence-corrected chi connectivity index (χ3v) is 3.48. The second-order valence-corrected chi connectivity index (χ2v) is 4.73. The van der Waals surface area contributed by atoms with Crippen LogP contribution in [0.2, 0.25) is 5.02 Å². The lowest BCUT2D eigenvalue weighted by molar-refractivity contribution is 0.000443. The van der Waals surface area contributed by atoms with Gasteiger partial charge in [0.2, 0.25) is 0 Å². The monoisotopic (exact) mass is 250 g/mol. The number of ether oxygens (including phenoxy) is 1. The van der Waals surface area contributed by atoms with Gasteiger partial charge in [0.05, 0.1) is 19.3 Å². The molecular weight excluding hydrogens is 236 g/mol. The maximum Gasteiger partial charge on any atom is 0.132 e. The van der Waals surface area contributed by atoms with Gasteiger partial charge in [-0.3, -0.25) is 4.90 Å². The van der Waals surface area contributed by atoms with Crippen LogP contribution in [0.4, 0.5) is 0 Å². The molecule has 1 aliphatic heterocycles. The van der Waals surface area contributed by atoms with Gasteiger partial charge < -0.3 is 4.74 Å². The fourth-order valence-corrected chi connectivity index (χ4v) is 2.31. The summed E-state index contributed by atoms with van der Waals surface area (Å²) in [4.78, 5) is 2.14. The second kappa shape index (κ2) is 5.05. The van der Waals surface area contributed by atoms with Gasteiger partial charge in [-0.25, -0.2) is 0 Å². The molecule has 0 amide bonds. The third kappa shape index (κ3) is 2.44. The van der Waals surface area contributed by atoms with E-state index in [2.05, 4.69) is 11.0 Å². The van der Waals surface area contributed by atoms with E-state index in [1.54, 1.807) is 0 Å². The number of morpholine rings is 1. The van der Waals surface area contributed by atoms with Crippen LogP contribution in [-0.4, -0.2) is 31.2 Å². The van der Waals surface area contributed by atoms with Crippen molar-refractivity contribution < 1.29 is 4.74 Å². The lowest BCUT2D eigenvalue weighted by atomic mass is 9.91. The Balaban J connectivity index is 2.33. The topological polar surface area (TPSA) is 36.3 Å². The molecule has 1 heterocycles. The molecule has 0 aliphatic carbocycles. The minimum atomic E-state index is -0.630.